The lowest BCUT2D eigenvalue weighted by Crippen LogP contribution is -2.66. The molecule has 8 nitrogen and oxygen atoms in total. The number of Topliss-reactive ketones (excluding diaryl/α,β-unsaturated/α-hetero) is 1. The van der Waals surface area contributed by atoms with E-state index in [2.05, 4.69) is 42.0 Å². The van der Waals surface area contributed by atoms with E-state index in [1.54, 1.807) is 10.9 Å². The third kappa shape index (κ3) is 4.90. The second-order valence-electron chi connectivity index (χ2n) is 11.3. The Morgan fingerprint density at radius 1 is 1.17 bits per heavy atom. The van der Waals surface area contributed by atoms with Crippen LogP contribution in [0.3, 0.4) is 0 Å². The number of rotatable bonds is 9. The van der Waals surface area contributed by atoms with Gasteiger partial charge >= 0.3 is 0 Å². The van der Waals surface area contributed by atoms with Crippen LogP contribution in [0.15, 0.2) is 30.5 Å². The number of benzene rings is 1. The molecule has 0 spiro atoms. The van der Waals surface area contributed by atoms with Crippen molar-refractivity contribution in [2.45, 2.75) is 82.4 Å². The van der Waals surface area contributed by atoms with Gasteiger partial charge in [0.25, 0.3) is 5.91 Å². The molecular weight excluding hydrogens is 454 g/mol. The van der Waals surface area contributed by atoms with E-state index < -0.39 is 11.4 Å². The van der Waals surface area contributed by atoms with Crippen molar-refractivity contribution < 1.29 is 14.3 Å². The number of aryl methyl sites for hydroxylation is 1. The maximum absolute atomic E-state index is 12.4. The van der Waals surface area contributed by atoms with Gasteiger partial charge in [-0.1, -0.05) is 17.7 Å². The molecule has 1 aliphatic heterocycles. The predicted octanol–water partition coefficient (Wildman–Crippen LogP) is 3.52. The van der Waals surface area contributed by atoms with Crippen molar-refractivity contribution in [1.29, 1.82) is 5.26 Å². The summed E-state index contributed by atoms with van der Waals surface area (Å²) in [7, 11) is 0. The Hall–Kier alpha value is -3.18. The number of ketones is 1. The van der Waals surface area contributed by atoms with Crippen LogP contribution in [0.2, 0.25) is 0 Å². The maximum Gasteiger partial charge on any atom is 0.252 e. The largest absolute Gasteiger partial charge is 0.485 e. The molecule has 36 heavy (non-hydrogen) atoms. The number of carbonyl (C=O) groups excluding carboxylic acids is 2. The Morgan fingerprint density at radius 2 is 1.83 bits per heavy atom. The van der Waals surface area contributed by atoms with Gasteiger partial charge in [0.1, 0.15) is 17.1 Å². The van der Waals surface area contributed by atoms with E-state index in [4.69, 9.17) is 10.5 Å². The Bertz CT molecular complexity index is 1180. The molecule has 3 fully saturated rings. The fourth-order valence-corrected chi connectivity index (χ4v) is 5.87. The van der Waals surface area contributed by atoms with Crippen molar-refractivity contribution in [3.63, 3.8) is 0 Å². The molecule has 0 radical (unpaired) electrons. The number of ether oxygens (including phenoxy) is 1. The maximum atomic E-state index is 12.4. The van der Waals surface area contributed by atoms with Gasteiger partial charge in [0.15, 0.2) is 0 Å². The molecule has 0 bridgehead atoms. The van der Waals surface area contributed by atoms with Crippen molar-refractivity contribution in [2.24, 2.45) is 11.7 Å². The van der Waals surface area contributed by atoms with E-state index in [0.717, 1.165) is 57.4 Å². The van der Waals surface area contributed by atoms with Gasteiger partial charge < -0.3 is 10.5 Å². The zero-order valence-corrected chi connectivity index (χ0v) is 21.2. The van der Waals surface area contributed by atoms with Crippen molar-refractivity contribution in [3.05, 3.63) is 47.3 Å². The highest BCUT2D eigenvalue weighted by molar-refractivity contribution is 5.95. The van der Waals surface area contributed by atoms with Crippen molar-refractivity contribution in [3.8, 4) is 11.8 Å². The number of primary amides is 1. The summed E-state index contributed by atoms with van der Waals surface area (Å²) in [6.07, 6.45) is 7.38. The Kier molecular flexibility index (Phi) is 6.37. The Labute approximate surface area is 212 Å². The molecule has 5 rings (SSSR count). The van der Waals surface area contributed by atoms with Crippen LogP contribution >= 0.6 is 0 Å². The van der Waals surface area contributed by atoms with Crippen molar-refractivity contribution in [2.75, 3.05) is 13.1 Å². The number of hydrogen-bond acceptors (Lipinski definition) is 6. The fourth-order valence-electron chi connectivity index (χ4n) is 5.87. The van der Waals surface area contributed by atoms with Gasteiger partial charge in [-0.3, -0.25) is 19.2 Å². The van der Waals surface area contributed by atoms with E-state index in [9.17, 15) is 14.9 Å². The number of nitriles is 1. The summed E-state index contributed by atoms with van der Waals surface area (Å²) in [4.78, 5) is 27.0. The third-order valence-electron chi connectivity index (χ3n) is 8.19. The highest BCUT2D eigenvalue weighted by Gasteiger charge is 2.47. The van der Waals surface area contributed by atoms with Gasteiger partial charge in [0, 0.05) is 31.2 Å². The topological polar surface area (TPSA) is 114 Å². The molecule has 0 unspecified atom stereocenters. The zero-order chi connectivity index (χ0) is 25.5. The minimum atomic E-state index is -0.575. The van der Waals surface area contributed by atoms with E-state index in [0.29, 0.717) is 23.7 Å². The Balaban J connectivity index is 1.24. The highest BCUT2D eigenvalue weighted by Crippen LogP contribution is 2.42. The highest BCUT2D eigenvalue weighted by atomic mass is 16.5. The van der Waals surface area contributed by atoms with E-state index in [1.165, 1.54) is 5.56 Å². The standard InChI is InChI=1S/C28H35N5O3/c1-19-3-7-22(8-4-19)36-27(2)17-32(18-27)21-9-11-28(12-10-21,13-14-29)33-16-23(26(30)35)24(31-33)15-25(34)20-5-6-20/h3-4,7-8,16,20-21H,5-6,9-13,15,17-18H2,1-2H3,(H2,30,35). The molecule has 3 aliphatic rings. The average molecular weight is 490 g/mol. The van der Waals surface area contributed by atoms with Crippen LogP contribution in [0.4, 0.5) is 0 Å². The number of aromatic nitrogens is 2. The zero-order valence-electron chi connectivity index (χ0n) is 21.2. The molecule has 2 aromatic rings. The molecule has 1 aromatic heterocycles. The minimum absolute atomic E-state index is 0.0941. The lowest BCUT2D eigenvalue weighted by Gasteiger charge is -2.53. The Morgan fingerprint density at radius 3 is 2.42 bits per heavy atom. The third-order valence-corrected chi connectivity index (χ3v) is 8.19. The van der Waals surface area contributed by atoms with Crippen LogP contribution in [0.1, 0.15) is 73.5 Å². The molecule has 2 aliphatic carbocycles. The number of likely N-dealkylation sites (tertiary alicyclic amines) is 1. The summed E-state index contributed by atoms with van der Waals surface area (Å²) < 4.78 is 8.06. The first-order valence-corrected chi connectivity index (χ1v) is 13.0. The van der Waals surface area contributed by atoms with Crippen LogP contribution in [-0.4, -0.2) is 51.1 Å². The quantitative estimate of drug-likeness (QED) is 0.576. The van der Waals surface area contributed by atoms with Gasteiger partial charge in [-0.15, -0.1) is 0 Å². The number of nitrogens with zero attached hydrogens (tertiary/aromatic N) is 4. The van der Waals surface area contributed by atoms with Crippen LogP contribution in [0.25, 0.3) is 0 Å². The predicted molar refractivity (Wildman–Crippen MR) is 134 cm³/mol. The van der Waals surface area contributed by atoms with Gasteiger partial charge in [-0.2, -0.15) is 10.4 Å². The summed E-state index contributed by atoms with van der Waals surface area (Å²) in [6.45, 7) is 5.97. The smallest absolute Gasteiger partial charge is 0.252 e. The van der Waals surface area contributed by atoms with Crippen LogP contribution in [0, 0.1) is 24.2 Å². The van der Waals surface area contributed by atoms with Crippen molar-refractivity contribution >= 4 is 11.7 Å². The summed E-state index contributed by atoms with van der Waals surface area (Å²) >= 11 is 0. The van der Waals surface area contributed by atoms with Crippen LogP contribution in [0.5, 0.6) is 5.75 Å². The molecule has 2 saturated carbocycles. The van der Waals surface area contributed by atoms with Crippen LogP contribution in [-0.2, 0) is 16.8 Å². The van der Waals surface area contributed by atoms with Gasteiger partial charge in [0.2, 0.25) is 0 Å². The van der Waals surface area contributed by atoms with E-state index in [-0.39, 0.29) is 23.7 Å². The molecular formula is C28H35N5O3. The monoisotopic (exact) mass is 489 g/mol. The molecule has 1 saturated heterocycles. The second kappa shape index (κ2) is 9.36. The summed E-state index contributed by atoms with van der Waals surface area (Å²) in [5.41, 5.74) is 6.92. The number of nitrogens with two attached hydrogens (primary N) is 1. The SMILES string of the molecule is Cc1ccc(OC2(C)CN(C3CCC(CC#N)(n4cc(C(N)=O)c(CC(=O)C5CC5)n4)CC3)C2)cc1. The first-order valence-electron chi connectivity index (χ1n) is 13.0. The average Bonchev–Trinajstić information content (AvgIpc) is 3.59. The molecule has 8 heteroatoms. The van der Waals surface area contributed by atoms with Gasteiger partial charge in [-0.05, 0) is 64.5 Å². The van der Waals surface area contributed by atoms with Gasteiger partial charge in [0.05, 0.1) is 35.7 Å². The molecule has 1 aromatic carbocycles. The lowest BCUT2D eigenvalue weighted by atomic mass is 9.76. The van der Waals surface area contributed by atoms with Crippen molar-refractivity contribution in [1.82, 2.24) is 14.7 Å². The van der Waals surface area contributed by atoms with Gasteiger partial charge in [-0.25, -0.2) is 0 Å². The molecule has 2 N–H and O–H groups in total. The minimum Gasteiger partial charge on any atom is -0.485 e. The summed E-state index contributed by atoms with van der Waals surface area (Å²) in [5.74, 6) is 0.541. The number of carbonyl (C=O) groups is 2. The number of amides is 1. The second-order valence-corrected chi connectivity index (χ2v) is 11.3. The number of hydrogen-bond donors (Lipinski definition) is 1. The molecule has 0 atom stereocenters. The first kappa shape index (κ1) is 24.5. The molecule has 1 amide bonds. The van der Waals surface area contributed by atoms with Crippen LogP contribution < -0.4 is 10.5 Å². The van der Waals surface area contributed by atoms with E-state index in [1.807, 2.05) is 12.1 Å². The normalized spacial score (nSPS) is 25.5. The van der Waals surface area contributed by atoms with E-state index >= 15 is 0 Å². The fraction of sp³-hybridized carbons (Fsp3) is 0.571. The summed E-state index contributed by atoms with van der Waals surface area (Å²) in [5, 5.41) is 14.3. The first-order chi connectivity index (χ1) is 17.2. The lowest BCUT2D eigenvalue weighted by molar-refractivity contribution is -0.119. The summed E-state index contributed by atoms with van der Waals surface area (Å²) in [6, 6.07) is 11.0. The molecule has 2 heterocycles. The molecule has 190 valence electrons.